The Morgan fingerprint density at radius 3 is 3.00 bits per heavy atom. The molecule has 5 heteroatoms. The van der Waals surface area contributed by atoms with Gasteiger partial charge in [0.15, 0.2) is 11.0 Å². The predicted octanol–water partition coefficient (Wildman–Crippen LogP) is 1.77. The van der Waals surface area contributed by atoms with Crippen molar-refractivity contribution in [2.75, 3.05) is 24.2 Å². The van der Waals surface area contributed by atoms with Crippen LogP contribution in [-0.2, 0) is 0 Å². The van der Waals surface area contributed by atoms with Crippen LogP contribution in [0.2, 0.25) is 5.15 Å². The van der Waals surface area contributed by atoms with Gasteiger partial charge in [0.2, 0.25) is 0 Å². The summed E-state index contributed by atoms with van der Waals surface area (Å²) >= 11 is 5.83. The summed E-state index contributed by atoms with van der Waals surface area (Å²) < 4.78 is 0. The molecule has 0 aliphatic rings. The maximum absolute atomic E-state index is 5.83. The number of rotatable bonds is 4. The Morgan fingerprint density at radius 2 is 2.38 bits per heavy atom. The lowest BCUT2D eigenvalue weighted by Crippen LogP contribution is -2.05. The zero-order chi connectivity index (χ0) is 9.68. The smallest absolute Gasteiger partial charge is 0.157 e. The van der Waals surface area contributed by atoms with E-state index in [1.54, 1.807) is 13.1 Å². The third-order valence-corrected chi connectivity index (χ3v) is 1.75. The van der Waals surface area contributed by atoms with Gasteiger partial charge in [0.05, 0.1) is 0 Å². The maximum Gasteiger partial charge on any atom is 0.157 e. The highest BCUT2D eigenvalue weighted by Crippen LogP contribution is 2.24. The quantitative estimate of drug-likeness (QED) is 0.572. The topological polar surface area (TPSA) is 49.8 Å². The second-order valence-corrected chi connectivity index (χ2v) is 2.67. The molecule has 1 aromatic rings. The van der Waals surface area contributed by atoms with Crippen LogP contribution in [0.15, 0.2) is 19.0 Å². The van der Waals surface area contributed by atoms with E-state index in [1.807, 2.05) is 0 Å². The van der Waals surface area contributed by atoms with E-state index < -0.39 is 0 Å². The lowest BCUT2D eigenvalue weighted by molar-refractivity contribution is 1.14. The molecule has 0 aliphatic carbocycles. The normalized spacial score (nSPS) is 9.38. The van der Waals surface area contributed by atoms with E-state index in [9.17, 15) is 0 Å². The number of nitrogens with zero attached hydrogens (tertiary/aromatic N) is 2. The highest BCUT2D eigenvalue weighted by atomic mass is 35.5. The monoisotopic (exact) mass is 198 g/mol. The van der Waals surface area contributed by atoms with Crippen LogP contribution in [0.3, 0.4) is 0 Å². The molecule has 2 N–H and O–H groups in total. The van der Waals surface area contributed by atoms with E-state index in [0.29, 0.717) is 23.2 Å². The van der Waals surface area contributed by atoms with Crippen molar-refractivity contribution in [3.05, 3.63) is 24.1 Å². The van der Waals surface area contributed by atoms with E-state index in [1.165, 1.54) is 6.33 Å². The molecule has 0 aliphatic heterocycles. The molecule has 1 rings (SSSR count). The average molecular weight is 199 g/mol. The maximum atomic E-state index is 5.83. The van der Waals surface area contributed by atoms with Crippen molar-refractivity contribution in [3.8, 4) is 0 Å². The molecule has 70 valence electrons. The van der Waals surface area contributed by atoms with Gasteiger partial charge in [-0.05, 0) is 0 Å². The van der Waals surface area contributed by atoms with Crippen molar-refractivity contribution >= 4 is 23.1 Å². The molecular weight excluding hydrogens is 188 g/mol. The Labute approximate surface area is 82.0 Å². The lowest BCUT2D eigenvalue weighted by atomic mass is 10.4. The second kappa shape index (κ2) is 4.67. The molecule has 1 heterocycles. The van der Waals surface area contributed by atoms with E-state index in [4.69, 9.17) is 11.6 Å². The first kappa shape index (κ1) is 9.80. The largest absolute Gasteiger partial charge is 0.383 e. The highest BCUT2D eigenvalue weighted by molar-refractivity contribution is 6.32. The summed E-state index contributed by atoms with van der Waals surface area (Å²) in [4.78, 5) is 7.88. The van der Waals surface area contributed by atoms with Crippen LogP contribution >= 0.6 is 11.6 Å². The summed E-state index contributed by atoms with van der Waals surface area (Å²) in [5, 5.41) is 6.36. The molecule has 0 amide bonds. The fraction of sp³-hybridized carbons (Fsp3) is 0.250. The Balaban J connectivity index is 2.91. The number of halogens is 1. The Morgan fingerprint density at radius 1 is 1.62 bits per heavy atom. The third-order valence-electron chi connectivity index (χ3n) is 1.46. The van der Waals surface area contributed by atoms with Gasteiger partial charge in [-0.2, -0.15) is 0 Å². The van der Waals surface area contributed by atoms with E-state index in [2.05, 4.69) is 27.2 Å². The Kier molecular flexibility index (Phi) is 3.52. The Bertz CT molecular complexity index is 300. The number of aromatic nitrogens is 2. The summed E-state index contributed by atoms with van der Waals surface area (Å²) in [6.07, 6.45) is 3.16. The van der Waals surface area contributed by atoms with Gasteiger partial charge in [-0.1, -0.05) is 17.7 Å². The molecule has 1 aromatic heterocycles. The fourth-order valence-electron chi connectivity index (χ4n) is 0.889. The van der Waals surface area contributed by atoms with Crippen molar-refractivity contribution in [2.45, 2.75) is 0 Å². The number of hydrogen-bond acceptors (Lipinski definition) is 4. The third kappa shape index (κ3) is 2.32. The molecule has 0 unspecified atom stereocenters. The van der Waals surface area contributed by atoms with Gasteiger partial charge >= 0.3 is 0 Å². The second-order valence-electron chi connectivity index (χ2n) is 2.31. The van der Waals surface area contributed by atoms with Gasteiger partial charge in [-0.15, -0.1) is 6.58 Å². The first-order valence-electron chi connectivity index (χ1n) is 3.82. The summed E-state index contributed by atoms with van der Waals surface area (Å²) in [6.45, 7) is 4.24. The molecule has 0 bridgehead atoms. The zero-order valence-electron chi connectivity index (χ0n) is 7.34. The number of anilines is 2. The van der Waals surface area contributed by atoms with E-state index in [0.717, 1.165) is 0 Å². The van der Waals surface area contributed by atoms with Crippen molar-refractivity contribution < 1.29 is 0 Å². The zero-order valence-corrected chi connectivity index (χ0v) is 8.10. The molecule has 13 heavy (non-hydrogen) atoms. The fourth-order valence-corrected chi connectivity index (χ4v) is 1.12. The van der Waals surface area contributed by atoms with Crippen LogP contribution in [0.1, 0.15) is 0 Å². The van der Waals surface area contributed by atoms with Crippen molar-refractivity contribution in [1.29, 1.82) is 0 Å². The van der Waals surface area contributed by atoms with Crippen LogP contribution in [0.5, 0.6) is 0 Å². The van der Waals surface area contributed by atoms with Gasteiger partial charge in [0.25, 0.3) is 0 Å². The molecule has 0 aromatic carbocycles. The van der Waals surface area contributed by atoms with Gasteiger partial charge in [0, 0.05) is 13.6 Å². The SMILES string of the molecule is C=CCNc1ncnc(Cl)c1NC. The minimum atomic E-state index is 0.407. The average Bonchev–Trinajstić information content (AvgIpc) is 2.15. The summed E-state index contributed by atoms with van der Waals surface area (Å²) in [6, 6.07) is 0. The summed E-state index contributed by atoms with van der Waals surface area (Å²) in [5.41, 5.74) is 0.700. The standard InChI is InChI=1S/C8H11ClN4/c1-3-4-11-8-6(10-2)7(9)12-5-13-8/h3,5,10H,1,4H2,2H3,(H,11,12,13). The van der Waals surface area contributed by atoms with Gasteiger partial charge in [0.1, 0.15) is 12.0 Å². The van der Waals surface area contributed by atoms with Crippen LogP contribution in [-0.4, -0.2) is 23.6 Å². The molecule has 0 fully saturated rings. The van der Waals surface area contributed by atoms with Crippen molar-refractivity contribution in [3.63, 3.8) is 0 Å². The van der Waals surface area contributed by atoms with Crippen LogP contribution < -0.4 is 10.6 Å². The van der Waals surface area contributed by atoms with Crippen molar-refractivity contribution in [2.24, 2.45) is 0 Å². The summed E-state index contributed by atoms with van der Waals surface area (Å²) in [7, 11) is 1.77. The molecule has 0 saturated carbocycles. The minimum absolute atomic E-state index is 0.407. The number of hydrogen-bond donors (Lipinski definition) is 2. The molecule has 0 spiro atoms. The van der Waals surface area contributed by atoms with Crippen LogP contribution in [0.4, 0.5) is 11.5 Å². The van der Waals surface area contributed by atoms with Gasteiger partial charge < -0.3 is 10.6 Å². The molecule has 0 radical (unpaired) electrons. The first-order valence-corrected chi connectivity index (χ1v) is 4.20. The predicted molar refractivity (Wildman–Crippen MR) is 55.3 cm³/mol. The summed E-state index contributed by atoms with van der Waals surface area (Å²) in [5.74, 6) is 0.683. The first-order chi connectivity index (χ1) is 6.29. The van der Waals surface area contributed by atoms with Crippen LogP contribution in [0.25, 0.3) is 0 Å². The number of nitrogens with one attached hydrogen (secondary N) is 2. The minimum Gasteiger partial charge on any atom is -0.383 e. The molecule has 0 atom stereocenters. The van der Waals surface area contributed by atoms with Gasteiger partial charge in [-0.25, -0.2) is 9.97 Å². The van der Waals surface area contributed by atoms with Crippen molar-refractivity contribution in [1.82, 2.24) is 9.97 Å². The highest BCUT2D eigenvalue weighted by Gasteiger charge is 2.05. The van der Waals surface area contributed by atoms with Crippen LogP contribution in [0, 0.1) is 0 Å². The lowest BCUT2D eigenvalue weighted by Gasteiger charge is -2.09. The van der Waals surface area contributed by atoms with E-state index in [-0.39, 0.29) is 0 Å². The molecular formula is C8H11ClN4. The molecule has 0 saturated heterocycles. The van der Waals surface area contributed by atoms with Gasteiger partial charge in [-0.3, -0.25) is 0 Å². The molecule has 4 nitrogen and oxygen atoms in total. The Hall–Kier alpha value is -1.29. The van der Waals surface area contributed by atoms with E-state index >= 15 is 0 Å².